The molecule has 0 saturated heterocycles. The van der Waals surface area contributed by atoms with Gasteiger partial charge in [0.25, 0.3) is 0 Å². The van der Waals surface area contributed by atoms with E-state index >= 15 is 0 Å². The van der Waals surface area contributed by atoms with Gasteiger partial charge < -0.3 is 18.6 Å². The van der Waals surface area contributed by atoms with Crippen molar-refractivity contribution in [2.75, 3.05) is 9.80 Å². The quantitative estimate of drug-likeness (QED) is 0.128. The van der Waals surface area contributed by atoms with Gasteiger partial charge in [-0.05, 0) is 161 Å². The van der Waals surface area contributed by atoms with Crippen molar-refractivity contribution in [3.8, 4) is 33.4 Å². The average Bonchev–Trinajstić information content (AvgIpc) is 1.53. The van der Waals surface area contributed by atoms with Crippen molar-refractivity contribution >= 4 is 110 Å². The first-order chi connectivity index (χ1) is 44.2. The Morgan fingerprint density at radius 1 is 0.247 bits per heavy atom. The van der Waals surface area contributed by atoms with Gasteiger partial charge in [-0.15, -0.1) is 0 Å². The van der Waals surface area contributed by atoms with E-state index in [1.165, 1.54) is 60.3 Å². The predicted octanol–water partition coefficient (Wildman–Crippen LogP) is 23.6. The maximum Gasteiger partial charge on any atom is 0.159 e. The maximum absolute atomic E-state index is 6.90. The van der Waals surface area contributed by atoms with Gasteiger partial charge in [0, 0.05) is 44.3 Å². The molecule has 89 heavy (non-hydrogen) atoms. The molecule has 0 aliphatic heterocycles. The SMILES string of the molecule is c1ccc(-c2cccc(N(c3ccc4c5c(ccc4c3)-c3c(c4ccc(N(c6cccc(-c7ccccc7)c6)c6cccc7c6oc6ccccc67)cc4c4ccccc34)C5(c3ccccc3)c3ccccc3)c3cccc4c3oc3ccccc34)c2)cc1. The topological polar surface area (TPSA) is 32.8 Å². The Morgan fingerprint density at radius 2 is 0.674 bits per heavy atom. The summed E-state index contributed by atoms with van der Waals surface area (Å²) in [5.41, 5.74) is 20.7. The third kappa shape index (κ3) is 7.80. The molecule has 18 rings (SSSR count). The number of para-hydroxylation sites is 4. The minimum atomic E-state index is -0.773. The van der Waals surface area contributed by atoms with E-state index in [1.807, 2.05) is 12.1 Å². The van der Waals surface area contributed by atoms with E-state index in [2.05, 4.69) is 325 Å². The van der Waals surface area contributed by atoms with Crippen LogP contribution in [0.5, 0.6) is 0 Å². The Hall–Kier alpha value is -11.7. The lowest BCUT2D eigenvalue weighted by Crippen LogP contribution is -2.29. The van der Waals surface area contributed by atoms with Gasteiger partial charge >= 0.3 is 0 Å². The second-order valence-corrected chi connectivity index (χ2v) is 23.4. The molecule has 0 radical (unpaired) electrons. The van der Waals surface area contributed by atoms with E-state index in [0.717, 1.165) is 106 Å². The third-order valence-electron chi connectivity index (χ3n) is 18.6. The highest BCUT2D eigenvalue weighted by Gasteiger charge is 2.49. The number of fused-ring (bicyclic) bond motifs is 16. The predicted molar refractivity (Wildman–Crippen MR) is 371 cm³/mol. The smallest absolute Gasteiger partial charge is 0.159 e. The van der Waals surface area contributed by atoms with Crippen molar-refractivity contribution in [3.63, 3.8) is 0 Å². The van der Waals surface area contributed by atoms with Crippen molar-refractivity contribution in [2.24, 2.45) is 0 Å². The summed E-state index contributed by atoms with van der Waals surface area (Å²) in [6.45, 7) is 0. The van der Waals surface area contributed by atoms with Crippen LogP contribution in [0.3, 0.4) is 0 Å². The first kappa shape index (κ1) is 50.6. The minimum absolute atomic E-state index is 0.773. The van der Waals surface area contributed by atoms with Crippen molar-refractivity contribution < 1.29 is 8.83 Å². The molecule has 0 unspecified atom stereocenters. The summed E-state index contributed by atoms with van der Waals surface area (Å²) < 4.78 is 13.8. The molecule has 17 aromatic rings. The van der Waals surface area contributed by atoms with Crippen LogP contribution in [0, 0.1) is 0 Å². The Bertz CT molecular complexity index is 5590. The second-order valence-electron chi connectivity index (χ2n) is 23.4. The molecule has 0 bridgehead atoms. The van der Waals surface area contributed by atoms with E-state index < -0.39 is 5.41 Å². The number of hydrogen-bond donors (Lipinski definition) is 0. The van der Waals surface area contributed by atoms with Gasteiger partial charge in [0.2, 0.25) is 0 Å². The monoisotopic (exact) mass is 1130 g/mol. The van der Waals surface area contributed by atoms with Gasteiger partial charge in [0.05, 0.1) is 16.8 Å². The zero-order valence-electron chi connectivity index (χ0n) is 48.4. The summed E-state index contributed by atoms with van der Waals surface area (Å²) in [7, 11) is 0. The van der Waals surface area contributed by atoms with Crippen molar-refractivity contribution in [1.82, 2.24) is 0 Å². The van der Waals surface area contributed by atoms with Crippen LogP contribution in [0.15, 0.2) is 336 Å². The molecule has 0 N–H and O–H groups in total. The Balaban J connectivity index is 0.895. The van der Waals surface area contributed by atoms with Gasteiger partial charge in [-0.1, -0.05) is 255 Å². The molecule has 0 atom stereocenters. The van der Waals surface area contributed by atoms with E-state index in [4.69, 9.17) is 8.83 Å². The average molecular weight is 1140 g/mol. The summed E-state index contributed by atoms with van der Waals surface area (Å²) in [5.74, 6) is 0. The molecule has 416 valence electrons. The van der Waals surface area contributed by atoms with Gasteiger partial charge in [0.1, 0.15) is 11.2 Å². The molecule has 0 fully saturated rings. The number of nitrogens with zero attached hydrogens (tertiary/aromatic N) is 2. The first-order valence-electron chi connectivity index (χ1n) is 30.6. The highest BCUT2D eigenvalue weighted by molar-refractivity contribution is 6.22. The molecular weight excluding hydrogens is 1080 g/mol. The molecule has 0 saturated carbocycles. The normalized spacial score (nSPS) is 12.6. The summed E-state index contributed by atoms with van der Waals surface area (Å²) >= 11 is 0. The van der Waals surface area contributed by atoms with Crippen molar-refractivity contribution in [2.45, 2.75) is 5.41 Å². The van der Waals surface area contributed by atoms with E-state index in [-0.39, 0.29) is 0 Å². The molecule has 1 aliphatic rings. The van der Waals surface area contributed by atoms with Crippen LogP contribution < -0.4 is 9.80 Å². The van der Waals surface area contributed by atoms with E-state index in [0.29, 0.717) is 0 Å². The lowest BCUT2D eigenvalue weighted by atomic mass is 9.65. The number of anilines is 6. The van der Waals surface area contributed by atoms with Crippen molar-refractivity contribution in [1.29, 1.82) is 0 Å². The fourth-order valence-corrected chi connectivity index (χ4v) is 14.9. The van der Waals surface area contributed by atoms with Gasteiger partial charge in [-0.2, -0.15) is 0 Å². The van der Waals surface area contributed by atoms with Crippen LogP contribution in [-0.2, 0) is 5.41 Å². The first-order valence-corrected chi connectivity index (χ1v) is 30.6. The highest BCUT2D eigenvalue weighted by atomic mass is 16.3. The second kappa shape index (κ2) is 20.2. The lowest BCUT2D eigenvalue weighted by Gasteiger charge is -2.36. The summed E-state index contributed by atoms with van der Waals surface area (Å²) in [4.78, 5) is 4.78. The van der Waals surface area contributed by atoms with Crippen LogP contribution in [-0.4, -0.2) is 0 Å². The molecule has 15 aromatic carbocycles. The van der Waals surface area contributed by atoms with E-state index in [9.17, 15) is 0 Å². The Kier molecular flexibility index (Phi) is 11.5. The summed E-state index contributed by atoms with van der Waals surface area (Å²) in [6, 6.07) is 120. The highest BCUT2D eigenvalue weighted by Crippen LogP contribution is 2.62. The fraction of sp³-hybridized carbons (Fsp3) is 0.0118. The van der Waals surface area contributed by atoms with Crippen LogP contribution in [0.1, 0.15) is 22.3 Å². The zero-order chi connectivity index (χ0) is 58.6. The molecular formula is C85H54N2O2. The van der Waals surface area contributed by atoms with Gasteiger partial charge in [-0.25, -0.2) is 0 Å². The molecule has 2 heterocycles. The molecule has 0 amide bonds. The third-order valence-corrected chi connectivity index (χ3v) is 18.6. The van der Waals surface area contributed by atoms with Gasteiger partial charge in [-0.3, -0.25) is 0 Å². The number of furan rings is 2. The van der Waals surface area contributed by atoms with Crippen LogP contribution in [0.2, 0.25) is 0 Å². The number of benzene rings is 15. The van der Waals surface area contributed by atoms with Crippen molar-refractivity contribution in [3.05, 3.63) is 350 Å². The number of hydrogen-bond acceptors (Lipinski definition) is 4. The van der Waals surface area contributed by atoms with Gasteiger partial charge in [0.15, 0.2) is 11.2 Å². The van der Waals surface area contributed by atoms with Crippen LogP contribution >= 0.6 is 0 Å². The summed E-state index contributed by atoms with van der Waals surface area (Å²) in [6.07, 6.45) is 0. The van der Waals surface area contributed by atoms with Crippen LogP contribution in [0.25, 0.3) is 110 Å². The zero-order valence-corrected chi connectivity index (χ0v) is 48.4. The largest absolute Gasteiger partial charge is 0.454 e. The fourth-order valence-electron chi connectivity index (χ4n) is 14.9. The Morgan fingerprint density at radius 3 is 1.22 bits per heavy atom. The Labute approximate surface area is 514 Å². The standard InChI is InChI=1S/C85H54N2O2/c1-5-23-55(24-6-1)57-27-19-33-62(51-57)86(76-41-21-39-72-68-36-15-17-43-78(68)88-83(72)76)64-46-49-66-59(53-64)45-48-74-80-70-38-14-13-35-67(70)75-54-65(47-50-71(75)82(80)85(81(66)74,60-29-9-3-10-30-60)61-31-11-4-12-32-61)87(63-34-20-28-58(52-63)56-25-7-2-8-26-56)77-42-22-40-73-69-37-16-18-44-79(69)89-84(73)77/h1-54H. The van der Waals surface area contributed by atoms with Crippen LogP contribution in [0.4, 0.5) is 34.1 Å². The molecule has 4 heteroatoms. The van der Waals surface area contributed by atoms with E-state index in [1.54, 1.807) is 0 Å². The molecule has 1 aliphatic carbocycles. The number of rotatable bonds is 10. The minimum Gasteiger partial charge on any atom is -0.454 e. The molecule has 2 aromatic heterocycles. The molecule has 0 spiro atoms. The summed E-state index contributed by atoms with van der Waals surface area (Å²) in [5, 5.41) is 11.4. The lowest BCUT2D eigenvalue weighted by molar-refractivity contribution is 0.668. The molecule has 4 nitrogen and oxygen atoms in total. The maximum atomic E-state index is 6.90.